The van der Waals surface area contributed by atoms with Crippen LogP contribution in [0.3, 0.4) is 0 Å². The van der Waals surface area contributed by atoms with Crippen molar-refractivity contribution in [2.24, 2.45) is 0 Å². The van der Waals surface area contributed by atoms with E-state index in [1.807, 2.05) is 41.4 Å². The summed E-state index contributed by atoms with van der Waals surface area (Å²) in [5.41, 5.74) is 1.50. The lowest BCUT2D eigenvalue weighted by Gasteiger charge is -2.15. The lowest BCUT2D eigenvalue weighted by atomic mass is 10.2. The summed E-state index contributed by atoms with van der Waals surface area (Å²) in [5, 5.41) is 10.3. The van der Waals surface area contributed by atoms with Crippen molar-refractivity contribution in [2.75, 3.05) is 12.3 Å². The van der Waals surface area contributed by atoms with E-state index in [4.69, 9.17) is 4.74 Å². The van der Waals surface area contributed by atoms with Crippen molar-refractivity contribution in [3.63, 3.8) is 0 Å². The summed E-state index contributed by atoms with van der Waals surface area (Å²) >= 11 is 4.93. The molecule has 0 aliphatic rings. The lowest BCUT2D eigenvalue weighted by Crippen LogP contribution is -2.16. The van der Waals surface area contributed by atoms with Crippen LogP contribution >= 0.6 is 27.9 Å². The van der Waals surface area contributed by atoms with Gasteiger partial charge < -0.3 is 4.74 Å². The van der Waals surface area contributed by atoms with Gasteiger partial charge in [0, 0.05) is 33.9 Å². The first kappa shape index (κ1) is 21.6. The van der Waals surface area contributed by atoms with Gasteiger partial charge in [0.05, 0.1) is 12.5 Å². The van der Waals surface area contributed by atoms with Gasteiger partial charge in [-0.3, -0.25) is 14.0 Å². The number of benzene rings is 2. The molecule has 0 saturated heterocycles. The molecule has 4 rings (SSSR count). The molecule has 160 valence electrons. The van der Waals surface area contributed by atoms with Crippen LogP contribution in [0, 0.1) is 18.6 Å². The number of pyridine rings is 1. The van der Waals surface area contributed by atoms with Crippen molar-refractivity contribution in [3.8, 4) is 11.5 Å². The maximum atomic E-state index is 14.5. The third-order valence-electron chi connectivity index (χ3n) is 4.38. The van der Waals surface area contributed by atoms with Gasteiger partial charge in [0.2, 0.25) is 0 Å². The second-order valence-electron chi connectivity index (χ2n) is 6.51. The van der Waals surface area contributed by atoms with E-state index in [0.717, 1.165) is 29.7 Å². The number of ether oxygens (including phenoxy) is 1. The number of fused-ring (bicyclic) bond motifs is 1. The van der Waals surface area contributed by atoms with Crippen molar-refractivity contribution in [1.82, 2.24) is 8.96 Å². The second-order valence-corrected chi connectivity index (χ2v) is 8.41. The summed E-state index contributed by atoms with van der Waals surface area (Å²) in [6.07, 6.45) is 3.31. The monoisotopic (exact) mass is 507 g/mol. The smallest absolute Gasteiger partial charge is 0.198 e. The Bertz CT molecular complexity index is 1230. The Balaban J connectivity index is 1.71. The Morgan fingerprint density at radius 1 is 1.13 bits per heavy atom. The number of halogens is 3. The average molecular weight is 508 g/mol. The van der Waals surface area contributed by atoms with Gasteiger partial charge in [0.25, 0.3) is 0 Å². The molecule has 0 atom stereocenters. The first-order valence-electron chi connectivity index (χ1n) is 8.98. The van der Waals surface area contributed by atoms with E-state index in [2.05, 4.69) is 25.8 Å². The molecule has 2 aromatic carbocycles. The highest BCUT2D eigenvalue weighted by molar-refractivity contribution is 9.10. The maximum absolute atomic E-state index is 14.5. The summed E-state index contributed by atoms with van der Waals surface area (Å²) in [6, 6.07) is 11.3. The van der Waals surface area contributed by atoms with Crippen molar-refractivity contribution in [3.05, 3.63) is 76.5 Å². The minimum Gasteiger partial charge on any atom is -0.450 e. The third kappa shape index (κ3) is 4.38. The fourth-order valence-corrected chi connectivity index (χ4v) is 4.47. The molecule has 0 amide bonds. The molecule has 6 nitrogen and oxygen atoms in total. The van der Waals surface area contributed by atoms with Gasteiger partial charge in [-0.1, -0.05) is 17.7 Å². The van der Waals surface area contributed by atoms with Crippen LogP contribution in [0.15, 0.2) is 64.2 Å². The number of aromatic nitrogens is 2. The predicted octanol–water partition coefficient (Wildman–Crippen LogP) is 6.49. The van der Waals surface area contributed by atoms with E-state index in [-0.39, 0.29) is 16.7 Å². The molecule has 0 fully saturated rings. The zero-order chi connectivity index (χ0) is 22.1. The van der Waals surface area contributed by atoms with Crippen LogP contribution in [0.25, 0.3) is 11.0 Å². The second kappa shape index (κ2) is 8.83. The molecule has 0 unspecified atom stereocenters. The Morgan fingerprint density at radius 2 is 1.81 bits per heavy atom. The number of hydrogen-bond donors (Lipinski definition) is 1. The molecule has 2 aromatic heterocycles. The van der Waals surface area contributed by atoms with Crippen LogP contribution in [0.1, 0.15) is 5.56 Å². The summed E-state index contributed by atoms with van der Waals surface area (Å²) < 4.78 is 37.1. The molecule has 2 heterocycles. The fraction of sp³-hybridized carbons (Fsp3) is 0.0952. The highest BCUT2D eigenvalue weighted by atomic mass is 79.9. The molecule has 0 aliphatic heterocycles. The van der Waals surface area contributed by atoms with E-state index >= 15 is 0 Å². The number of anilines is 1. The van der Waals surface area contributed by atoms with Crippen LogP contribution in [0.4, 0.5) is 14.5 Å². The summed E-state index contributed by atoms with van der Waals surface area (Å²) in [5.74, 6) is -2.38. The molecule has 0 bridgehead atoms. The van der Waals surface area contributed by atoms with Crippen LogP contribution in [0.5, 0.6) is 11.5 Å². The van der Waals surface area contributed by atoms with E-state index in [9.17, 15) is 14.0 Å². The minimum absolute atomic E-state index is 0.216. The van der Waals surface area contributed by atoms with Crippen LogP contribution in [-0.2, 0) is 4.84 Å². The minimum atomic E-state index is -0.999. The van der Waals surface area contributed by atoms with Gasteiger partial charge in [-0.05, 0) is 53.0 Å². The molecule has 1 N–H and O–H groups in total. The molecule has 0 spiro atoms. The zero-order valence-electron chi connectivity index (χ0n) is 16.3. The molecular weight excluding hydrogens is 492 g/mol. The van der Waals surface area contributed by atoms with Crippen LogP contribution < -0.4 is 9.96 Å². The Labute approximate surface area is 189 Å². The van der Waals surface area contributed by atoms with E-state index < -0.39 is 17.4 Å². The molecule has 4 aromatic rings. The normalized spacial score (nSPS) is 11.2. The van der Waals surface area contributed by atoms with Gasteiger partial charge in [-0.25, -0.2) is 13.8 Å². The van der Waals surface area contributed by atoms with E-state index in [1.54, 1.807) is 0 Å². The fourth-order valence-electron chi connectivity index (χ4n) is 2.89. The zero-order valence-corrected chi connectivity index (χ0v) is 18.7. The number of hydrogen-bond acceptors (Lipinski definition) is 6. The van der Waals surface area contributed by atoms with Crippen LogP contribution in [0.2, 0.25) is 0 Å². The Hall–Kier alpha value is -2.66. The van der Waals surface area contributed by atoms with Crippen molar-refractivity contribution in [1.29, 1.82) is 0 Å². The number of nitrogens with zero attached hydrogens (tertiary/aromatic N) is 3. The largest absolute Gasteiger partial charge is 0.450 e. The van der Waals surface area contributed by atoms with Crippen molar-refractivity contribution < 1.29 is 23.6 Å². The van der Waals surface area contributed by atoms with E-state index in [0.29, 0.717) is 15.5 Å². The highest BCUT2D eigenvalue weighted by Gasteiger charge is 2.20. The molecule has 0 saturated carbocycles. The lowest BCUT2D eigenvalue weighted by molar-refractivity contribution is -0.0112. The van der Waals surface area contributed by atoms with Gasteiger partial charge in [-0.2, -0.15) is 0 Å². The third-order valence-corrected chi connectivity index (χ3v) is 5.94. The summed E-state index contributed by atoms with van der Waals surface area (Å²) in [4.78, 5) is 9.93. The quantitative estimate of drug-likeness (QED) is 0.301. The molecular formula is C21H16BrF2N3O3S. The number of aryl methyl sites for hydroxylation is 1. The van der Waals surface area contributed by atoms with Gasteiger partial charge >= 0.3 is 0 Å². The molecule has 10 heteroatoms. The van der Waals surface area contributed by atoms with E-state index in [1.165, 1.54) is 24.2 Å². The van der Waals surface area contributed by atoms with Gasteiger partial charge in [-0.15, -0.1) is 5.23 Å². The predicted molar refractivity (Wildman–Crippen MR) is 118 cm³/mol. The molecule has 31 heavy (non-hydrogen) atoms. The SMILES string of the molecule is CON(O)c1cc(F)c(Oc2ccnc3c2c(Br)cn3Sc2ccc(C)cc2)c(F)c1. The van der Waals surface area contributed by atoms with Gasteiger partial charge in [0.1, 0.15) is 11.4 Å². The Morgan fingerprint density at radius 3 is 2.45 bits per heavy atom. The number of rotatable bonds is 6. The van der Waals surface area contributed by atoms with Crippen LogP contribution in [-0.4, -0.2) is 21.3 Å². The summed E-state index contributed by atoms with van der Waals surface area (Å²) in [7, 11) is 1.16. The average Bonchev–Trinajstić information content (AvgIpc) is 3.07. The van der Waals surface area contributed by atoms with Crippen molar-refractivity contribution in [2.45, 2.75) is 11.8 Å². The standard InChI is InChI=1S/C21H16BrF2N3O3S/c1-12-3-5-14(6-4-12)31-26-11-15(22)19-18(7-8-25-21(19)26)30-20-16(23)9-13(10-17(20)24)27(28)29-2/h3-11,28H,1-2H3. The first-order valence-corrected chi connectivity index (χ1v) is 10.5. The highest BCUT2D eigenvalue weighted by Crippen LogP contribution is 2.40. The van der Waals surface area contributed by atoms with Gasteiger partial charge in [0.15, 0.2) is 23.0 Å². The molecule has 0 aliphatic carbocycles. The molecule has 0 radical (unpaired) electrons. The first-order chi connectivity index (χ1) is 14.9. The maximum Gasteiger partial charge on any atom is 0.198 e. The van der Waals surface area contributed by atoms with Crippen molar-refractivity contribution >= 4 is 44.6 Å². The summed E-state index contributed by atoms with van der Waals surface area (Å²) in [6.45, 7) is 2.01. The topological polar surface area (TPSA) is 59.8 Å². The Kier molecular flexibility index (Phi) is 6.15.